The third-order valence-corrected chi connectivity index (χ3v) is 4.47. The van der Waals surface area contributed by atoms with Gasteiger partial charge in [0, 0.05) is 11.3 Å². The average molecular weight is 297 g/mol. The van der Waals surface area contributed by atoms with Crippen LogP contribution < -0.4 is 5.32 Å². The number of hydrogen-bond acceptors (Lipinski definition) is 4. The summed E-state index contributed by atoms with van der Waals surface area (Å²) >= 11 is 0. The van der Waals surface area contributed by atoms with Gasteiger partial charge in [-0.15, -0.1) is 4.40 Å². The SMILES string of the molecule is N#CCc1ccc(NC2=NS(=O)(=O)c3ccccc32)cc1. The van der Waals surface area contributed by atoms with Crippen molar-refractivity contribution in [2.24, 2.45) is 4.40 Å². The van der Waals surface area contributed by atoms with Crippen molar-refractivity contribution in [1.29, 1.82) is 5.26 Å². The largest absolute Gasteiger partial charge is 0.339 e. The van der Waals surface area contributed by atoms with Crippen molar-refractivity contribution in [2.45, 2.75) is 11.3 Å². The fraction of sp³-hybridized carbons (Fsp3) is 0.0667. The first-order valence-corrected chi connectivity index (χ1v) is 7.71. The van der Waals surface area contributed by atoms with Crippen LogP contribution in [0.25, 0.3) is 0 Å². The van der Waals surface area contributed by atoms with E-state index in [4.69, 9.17) is 5.26 Å². The van der Waals surface area contributed by atoms with Crippen molar-refractivity contribution >= 4 is 21.5 Å². The van der Waals surface area contributed by atoms with Gasteiger partial charge in [0.25, 0.3) is 10.0 Å². The van der Waals surface area contributed by atoms with Gasteiger partial charge in [0.1, 0.15) is 4.90 Å². The molecular formula is C15H11N3O2S. The molecule has 1 N–H and O–H groups in total. The molecule has 0 amide bonds. The Bertz CT molecular complexity index is 863. The van der Waals surface area contributed by atoms with E-state index in [0.29, 0.717) is 17.8 Å². The number of anilines is 1. The molecule has 104 valence electrons. The summed E-state index contributed by atoms with van der Waals surface area (Å²) in [6, 6.07) is 16.0. The van der Waals surface area contributed by atoms with Crippen molar-refractivity contribution in [3.8, 4) is 6.07 Å². The molecule has 0 unspecified atom stereocenters. The van der Waals surface area contributed by atoms with Gasteiger partial charge in [-0.25, -0.2) is 0 Å². The predicted molar refractivity (Wildman–Crippen MR) is 79.5 cm³/mol. The quantitative estimate of drug-likeness (QED) is 0.922. The highest BCUT2D eigenvalue weighted by Crippen LogP contribution is 2.26. The van der Waals surface area contributed by atoms with Crippen LogP contribution >= 0.6 is 0 Å². The number of nitrogens with zero attached hydrogens (tertiary/aromatic N) is 2. The standard InChI is InChI=1S/C15H11N3O2S/c16-10-9-11-5-7-12(8-6-11)17-15-13-3-1-2-4-14(13)21(19,20)18-15/h1-8H,9H2,(H,17,18). The molecule has 2 aromatic rings. The van der Waals surface area contributed by atoms with Crippen LogP contribution in [-0.2, 0) is 16.4 Å². The van der Waals surface area contributed by atoms with E-state index >= 15 is 0 Å². The van der Waals surface area contributed by atoms with E-state index in [-0.39, 0.29) is 4.90 Å². The summed E-state index contributed by atoms with van der Waals surface area (Å²) in [5.74, 6) is 0.318. The minimum atomic E-state index is -3.61. The predicted octanol–water partition coefficient (Wildman–Crippen LogP) is 2.31. The first-order valence-electron chi connectivity index (χ1n) is 6.27. The number of benzene rings is 2. The first-order chi connectivity index (χ1) is 10.1. The lowest BCUT2D eigenvalue weighted by atomic mass is 10.1. The van der Waals surface area contributed by atoms with Gasteiger partial charge >= 0.3 is 0 Å². The Morgan fingerprint density at radius 2 is 1.81 bits per heavy atom. The van der Waals surface area contributed by atoms with Gasteiger partial charge in [0.05, 0.1) is 12.5 Å². The third kappa shape index (κ3) is 2.51. The van der Waals surface area contributed by atoms with Crippen LogP contribution in [0.15, 0.2) is 57.8 Å². The molecular weight excluding hydrogens is 286 g/mol. The lowest BCUT2D eigenvalue weighted by Crippen LogP contribution is -2.11. The molecule has 0 spiro atoms. The zero-order valence-electron chi connectivity index (χ0n) is 10.9. The molecule has 0 aliphatic carbocycles. The summed E-state index contributed by atoms with van der Waals surface area (Å²) in [7, 11) is -3.61. The van der Waals surface area contributed by atoms with E-state index in [1.54, 1.807) is 36.4 Å². The number of hydrogen-bond donors (Lipinski definition) is 1. The highest BCUT2D eigenvalue weighted by molar-refractivity contribution is 7.90. The number of rotatable bonds is 2. The van der Waals surface area contributed by atoms with Crippen LogP contribution in [0.2, 0.25) is 0 Å². The molecule has 0 bridgehead atoms. The topological polar surface area (TPSA) is 82.3 Å². The van der Waals surface area contributed by atoms with Gasteiger partial charge in [0.2, 0.25) is 0 Å². The summed E-state index contributed by atoms with van der Waals surface area (Å²) in [4.78, 5) is 0.216. The summed E-state index contributed by atoms with van der Waals surface area (Å²) in [5.41, 5.74) is 2.20. The number of fused-ring (bicyclic) bond motifs is 1. The van der Waals surface area contributed by atoms with Gasteiger partial charge in [-0.1, -0.05) is 24.3 Å². The molecule has 2 aromatic carbocycles. The molecule has 1 heterocycles. The monoisotopic (exact) mass is 297 g/mol. The van der Waals surface area contributed by atoms with Crippen LogP contribution in [-0.4, -0.2) is 14.3 Å². The molecule has 0 saturated heterocycles. The normalized spacial score (nSPS) is 14.9. The molecule has 0 aromatic heterocycles. The molecule has 0 saturated carbocycles. The Morgan fingerprint density at radius 3 is 2.52 bits per heavy atom. The Hall–Kier alpha value is -2.65. The minimum absolute atomic E-state index is 0.216. The van der Waals surface area contributed by atoms with Crippen molar-refractivity contribution < 1.29 is 8.42 Å². The second-order valence-electron chi connectivity index (χ2n) is 4.57. The Balaban J connectivity index is 1.91. The highest BCUT2D eigenvalue weighted by Gasteiger charge is 2.28. The van der Waals surface area contributed by atoms with Crippen LogP contribution in [0.1, 0.15) is 11.1 Å². The number of nitrogens with one attached hydrogen (secondary N) is 1. The number of nitriles is 1. The molecule has 21 heavy (non-hydrogen) atoms. The van der Waals surface area contributed by atoms with Gasteiger partial charge in [0.15, 0.2) is 5.84 Å². The summed E-state index contributed by atoms with van der Waals surface area (Å²) < 4.78 is 27.6. The lowest BCUT2D eigenvalue weighted by Gasteiger charge is -2.06. The Morgan fingerprint density at radius 1 is 1.10 bits per heavy atom. The molecule has 0 atom stereocenters. The summed E-state index contributed by atoms with van der Waals surface area (Å²) in [6.07, 6.45) is 0.346. The molecule has 0 fully saturated rings. The first kappa shape index (κ1) is 13.3. The van der Waals surface area contributed by atoms with Crippen molar-refractivity contribution in [2.75, 3.05) is 5.32 Å². The zero-order valence-corrected chi connectivity index (χ0v) is 11.8. The van der Waals surface area contributed by atoms with E-state index in [9.17, 15) is 8.42 Å². The smallest absolute Gasteiger partial charge is 0.285 e. The Labute approximate surface area is 122 Å². The van der Waals surface area contributed by atoms with Gasteiger partial charge in [-0.3, -0.25) is 0 Å². The molecule has 1 aliphatic heterocycles. The highest BCUT2D eigenvalue weighted by atomic mass is 32.2. The molecule has 6 heteroatoms. The van der Waals surface area contributed by atoms with E-state index < -0.39 is 10.0 Å². The van der Waals surface area contributed by atoms with E-state index in [1.807, 2.05) is 12.1 Å². The fourth-order valence-electron chi connectivity index (χ4n) is 2.13. The maximum absolute atomic E-state index is 11.9. The van der Waals surface area contributed by atoms with E-state index in [0.717, 1.165) is 11.3 Å². The second kappa shape index (κ2) is 5.04. The van der Waals surface area contributed by atoms with Crippen molar-refractivity contribution in [3.63, 3.8) is 0 Å². The average Bonchev–Trinajstić information content (AvgIpc) is 2.73. The molecule has 1 aliphatic rings. The maximum Gasteiger partial charge on any atom is 0.285 e. The van der Waals surface area contributed by atoms with Crippen molar-refractivity contribution in [3.05, 3.63) is 59.7 Å². The van der Waals surface area contributed by atoms with Crippen LogP contribution in [0.5, 0.6) is 0 Å². The van der Waals surface area contributed by atoms with Gasteiger partial charge < -0.3 is 5.32 Å². The Kier molecular flexibility index (Phi) is 3.20. The van der Waals surface area contributed by atoms with Crippen LogP contribution in [0.4, 0.5) is 5.69 Å². The summed E-state index contributed by atoms with van der Waals surface area (Å²) in [6.45, 7) is 0. The lowest BCUT2D eigenvalue weighted by molar-refractivity contribution is 0.599. The summed E-state index contributed by atoms with van der Waals surface area (Å²) in [5, 5.41) is 11.6. The molecule has 0 radical (unpaired) electrons. The van der Waals surface area contributed by atoms with Crippen LogP contribution in [0.3, 0.4) is 0 Å². The molecule has 3 rings (SSSR count). The minimum Gasteiger partial charge on any atom is -0.339 e. The number of amidine groups is 1. The van der Waals surface area contributed by atoms with Gasteiger partial charge in [-0.05, 0) is 29.8 Å². The molecule has 5 nitrogen and oxygen atoms in total. The maximum atomic E-state index is 11.9. The third-order valence-electron chi connectivity index (χ3n) is 3.13. The van der Waals surface area contributed by atoms with E-state index in [1.165, 1.54) is 0 Å². The van der Waals surface area contributed by atoms with Crippen LogP contribution in [0, 0.1) is 11.3 Å². The van der Waals surface area contributed by atoms with Gasteiger partial charge in [-0.2, -0.15) is 13.7 Å². The number of sulfonamides is 1. The van der Waals surface area contributed by atoms with E-state index in [2.05, 4.69) is 15.8 Å². The zero-order chi connectivity index (χ0) is 14.9. The second-order valence-corrected chi connectivity index (χ2v) is 6.14. The van der Waals surface area contributed by atoms with Crippen molar-refractivity contribution in [1.82, 2.24) is 0 Å². The fourth-order valence-corrected chi connectivity index (χ4v) is 3.31.